The topological polar surface area (TPSA) is 59.5 Å². The van der Waals surface area contributed by atoms with E-state index in [4.69, 9.17) is 10.2 Å². The summed E-state index contributed by atoms with van der Waals surface area (Å²) in [6, 6.07) is 3.27. The Balaban J connectivity index is 2.64. The lowest BCUT2D eigenvalue weighted by molar-refractivity contribution is -0.134. The van der Waals surface area contributed by atoms with Crippen molar-refractivity contribution in [1.82, 2.24) is 4.90 Å². The summed E-state index contributed by atoms with van der Waals surface area (Å²) in [4.78, 5) is 13.9. The van der Waals surface area contributed by atoms with Crippen molar-refractivity contribution in [2.24, 2.45) is 11.7 Å². The van der Waals surface area contributed by atoms with E-state index in [1.807, 2.05) is 32.9 Å². The number of likely N-dealkylation sites (N-methyl/N-ethyl adjacent to an activating group) is 1. The van der Waals surface area contributed by atoms with Crippen molar-refractivity contribution >= 4 is 5.91 Å². The fourth-order valence-electron chi connectivity index (χ4n) is 1.64. The smallest absolute Gasteiger partial charge is 0.240 e. The molecule has 0 aliphatic rings. The lowest BCUT2D eigenvalue weighted by atomic mass is 9.99. The van der Waals surface area contributed by atoms with Gasteiger partial charge in [0, 0.05) is 6.54 Å². The summed E-state index contributed by atoms with van der Waals surface area (Å²) in [7, 11) is 0. The molecule has 0 aromatic carbocycles. The van der Waals surface area contributed by atoms with E-state index >= 15 is 0 Å². The van der Waals surface area contributed by atoms with Gasteiger partial charge in [-0.25, -0.2) is 0 Å². The van der Waals surface area contributed by atoms with Crippen LogP contribution in [0.25, 0.3) is 0 Å². The average molecular weight is 238 g/mol. The van der Waals surface area contributed by atoms with Gasteiger partial charge in [0.1, 0.15) is 5.76 Å². The molecule has 0 saturated heterocycles. The highest BCUT2D eigenvalue weighted by molar-refractivity contribution is 5.81. The summed E-state index contributed by atoms with van der Waals surface area (Å²) in [5.41, 5.74) is 5.95. The highest BCUT2D eigenvalue weighted by Crippen LogP contribution is 2.11. The average Bonchev–Trinajstić information content (AvgIpc) is 2.85. The molecule has 0 aliphatic carbocycles. The summed E-state index contributed by atoms with van der Waals surface area (Å²) in [6.07, 6.45) is 2.52. The monoisotopic (exact) mass is 238 g/mol. The maximum absolute atomic E-state index is 12.2. The number of nitrogens with zero attached hydrogens (tertiary/aromatic N) is 1. The highest BCUT2D eigenvalue weighted by Gasteiger charge is 2.24. The van der Waals surface area contributed by atoms with E-state index in [0.717, 1.165) is 12.2 Å². The molecule has 0 spiro atoms. The molecular weight excluding hydrogens is 216 g/mol. The Morgan fingerprint density at radius 3 is 2.71 bits per heavy atom. The van der Waals surface area contributed by atoms with E-state index in [9.17, 15) is 4.79 Å². The number of nitrogens with two attached hydrogens (primary N) is 1. The Kier molecular flexibility index (Phi) is 5.22. The lowest BCUT2D eigenvalue weighted by Gasteiger charge is -2.26. The van der Waals surface area contributed by atoms with Gasteiger partial charge < -0.3 is 15.1 Å². The first-order valence-electron chi connectivity index (χ1n) is 6.16. The van der Waals surface area contributed by atoms with Crippen LogP contribution in [0.3, 0.4) is 0 Å². The SMILES string of the molecule is CCC(C)[C@H](N)C(=O)N(CC)Cc1ccco1. The largest absolute Gasteiger partial charge is 0.467 e. The number of hydrogen-bond acceptors (Lipinski definition) is 3. The van der Waals surface area contributed by atoms with Gasteiger partial charge >= 0.3 is 0 Å². The van der Waals surface area contributed by atoms with Crippen molar-refractivity contribution in [3.8, 4) is 0 Å². The molecule has 1 aromatic heterocycles. The van der Waals surface area contributed by atoms with Gasteiger partial charge in [0.05, 0.1) is 18.8 Å². The maximum Gasteiger partial charge on any atom is 0.240 e. The van der Waals surface area contributed by atoms with Crippen LogP contribution in [0.4, 0.5) is 0 Å². The molecule has 0 fully saturated rings. The number of rotatable bonds is 6. The minimum atomic E-state index is -0.421. The van der Waals surface area contributed by atoms with Gasteiger partial charge in [0.25, 0.3) is 0 Å². The first-order valence-corrected chi connectivity index (χ1v) is 6.16. The van der Waals surface area contributed by atoms with Crippen molar-refractivity contribution in [2.75, 3.05) is 6.54 Å². The minimum Gasteiger partial charge on any atom is -0.467 e. The van der Waals surface area contributed by atoms with Gasteiger partial charge in [-0.05, 0) is 25.0 Å². The quantitative estimate of drug-likeness (QED) is 0.824. The predicted molar refractivity (Wildman–Crippen MR) is 67.2 cm³/mol. The van der Waals surface area contributed by atoms with Crippen molar-refractivity contribution in [3.05, 3.63) is 24.2 Å². The zero-order chi connectivity index (χ0) is 12.8. The van der Waals surface area contributed by atoms with Crippen LogP contribution in [-0.2, 0) is 11.3 Å². The molecule has 2 N–H and O–H groups in total. The van der Waals surface area contributed by atoms with E-state index in [1.165, 1.54) is 0 Å². The number of hydrogen-bond donors (Lipinski definition) is 1. The van der Waals surface area contributed by atoms with Gasteiger partial charge in [0.15, 0.2) is 0 Å². The number of amides is 1. The molecule has 2 atom stereocenters. The summed E-state index contributed by atoms with van der Waals surface area (Å²) >= 11 is 0. The molecule has 1 rings (SSSR count). The Morgan fingerprint density at radius 1 is 1.53 bits per heavy atom. The third kappa shape index (κ3) is 3.60. The van der Waals surface area contributed by atoms with Crippen molar-refractivity contribution in [2.45, 2.75) is 39.8 Å². The highest BCUT2D eigenvalue weighted by atomic mass is 16.3. The van der Waals surface area contributed by atoms with Crippen LogP contribution in [0.5, 0.6) is 0 Å². The van der Waals surface area contributed by atoms with Crippen LogP contribution in [-0.4, -0.2) is 23.4 Å². The zero-order valence-corrected chi connectivity index (χ0v) is 10.8. The van der Waals surface area contributed by atoms with Gasteiger partial charge in [0.2, 0.25) is 5.91 Å². The first-order chi connectivity index (χ1) is 8.10. The molecule has 0 radical (unpaired) electrons. The molecule has 96 valence electrons. The minimum absolute atomic E-state index is 0.00162. The maximum atomic E-state index is 12.2. The molecule has 0 aliphatic heterocycles. The van der Waals surface area contributed by atoms with Crippen molar-refractivity contribution < 1.29 is 9.21 Å². The summed E-state index contributed by atoms with van der Waals surface area (Å²) < 4.78 is 5.25. The van der Waals surface area contributed by atoms with Crippen molar-refractivity contribution in [3.63, 3.8) is 0 Å². The molecular formula is C13H22N2O2. The molecule has 0 bridgehead atoms. The number of furan rings is 1. The first kappa shape index (κ1) is 13.8. The van der Waals surface area contributed by atoms with E-state index in [0.29, 0.717) is 13.1 Å². The standard InChI is InChI=1S/C13H22N2O2/c1-4-10(3)12(14)13(16)15(5-2)9-11-7-6-8-17-11/h6-8,10,12H,4-5,9,14H2,1-3H3/t10?,12-/m0/s1. The predicted octanol–water partition coefficient (Wildman–Crippen LogP) is 2.00. The molecule has 1 amide bonds. The Labute approximate surface area is 103 Å². The number of carbonyl (C=O) groups is 1. The number of carbonyl (C=O) groups excluding carboxylic acids is 1. The Morgan fingerprint density at radius 2 is 2.24 bits per heavy atom. The Bertz CT molecular complexity index is 335. The molecule has 1 unspecified atom stereocenters. The van der Waals surface area contributed by atoms with Crippen LogP contribution in [0.15, 0.2) is 22.8 Å². The van der Waals surface area contributed by atoms with Crippen LogP contribution < -0.4 is 5.73 Å². The van der Waals surface area contributed by atoms with E-state index in [2.05, 4.69) is 0 Å². The molecule has 17 heavy (non-hydrogen) atoms. The summed E-state index contributed by atoms with van der Waals surface area (Å²) in [6.45, 7) is 7.13. The molecule has 1 aromatic rings. The van der Waals surface area contributed by atoms with Gasteiger partial charge in [-0.15, -0.1) is 0 Å². The van der Waals surface area contributed by atoms with Crippen LogP contribution in [0.1, 0.15) is 33.0 Å². The third-order valence-electron chi connectivity index (χ3n) is 3.16. The third-order valence-corrected chi connectivity index (χ3v) is 3.16. The molecule has 0 saturated carbocycles. The summed E-state index contributed by atoms with van der Waals surface area (Å²) in [5, 5.41) is 0. The van der Waals surface area contributed by atoms with Crippen molar-refractivity contribution in [1.29, 1.82) is 0 Å². The second-order valence-corrected chi connectivity index (χ2v) is 4.34. The van der Waals surface area contributed by atoms with E-state index in [-0.39, 0.29) is 11.8 Å². The van der Waals surface area contributed by atoms with Crippen LogP contribution in [0.2, 0.25) is 0 Å². The van der Waals surface area contributed by atoms with Crippen LogP contribution in [0, 0.1) is 5.92 Å². The Hall–Kier alpha value is -1.29. The van der Waals surface area contributed by atoms with Crippen LogP contribution >= 0.6 is 0 Å². The van der Waals surface area contributed by atoms with Gasteiger partial charge in [-0.1, -0.05) is 20.3 Å². The second-order valence-electron chi connectivity index (χ2n) is 4.34. The summed E-state index contributed by atoms with van der Waals surface area (Å²) in [5.74, 6) is 0.989. The van der Waals surface area contributed by atoms with E-state index < -0.39 is 6.04 Å². The van der Waals surface area contributed by atoms with Gasteiger partial charge in [-0.2, -0.15) is 0 Å². The molecule has 1 heterocycles. The molecule has 4 nitrogen and oxygen atoms in total. The van der Waals surface area contributed by atoms with Gasteiger partial charge in [-0.3, -0.25) is 4.79 Å². The fraction of sp³-hybridized carbons (Fsp3) is 0.615. The molecule has 4 heteroatoms. The van der Waals surface area contributed by atoms with E-state index in [1.54, 1.807) is 11.2 Å². The lowest BCUT2D eigenvalue weighted by Crippen LogP contribution is -2.46. The second kappa shape index (κ2) is 6.45. The fourth-order valence-corrected chi connectivity index (χ4v) is 1.64. The zero-order valence-electron chi connectivity index (χ0n) is 10.8. The normalized spacial score (nSPS) is 14.4.